The molecular formula is C27H37N3O3. The van der Waals surface area contributed by atoms with Crippen LogP contribution in [0, 0.1) is 17.8 Å². The van der Waals surface area contributed by atoms with Gasteiger partial charge in [-0.15, -0.1) is 0 Å². The third-order valence-corrected chi connectivity index (χ3v) is 6.73. The van der Waals surface area contributed by atoms with E-state index in [2.05, 4.69) is 10.6 Å². The summed E-state index contributed by atoms with van der Waals surface area (Å²) in [6.45, 7) is 7.83. The average Bonchev–Trinajstić information content (AvgIpc) is 2.74. The molecule has 1 unspecified atom stereocenters. The summed E-state index contributed by atoms with van der Waals surface area (Å²) in [6.07, 6.45) is 5.04. The third-order valence-electron chi connectivity index (χ3n) is 6.73. The van der Waals surface area contributed by atoms with Crippen LogP contribution in [0.25, 0.3) is 10.8 Å². The molecular weight excluding hydrogens is 414 g/mol. The van der Waals surface area contributed by atoms with Crippen LogP contribution >= 0.6 is 0 Å². The molecule has 33 heavy (non-hydrogen) atoms. The summed E-state index contributed by atoms with van der Waals surface area (Å²) in [7, 11) is 0. The molecule has 3 rings (SSSR count). The molecule has 3 amide bonds. The van der Waals surface area contributed by atoms with Gasteiger partial charge in [0, 0.05) is 5.92 Å². The van der Waals surface area contributed by atoms with Crippen LogP contribution in [0.1, 0.15) is 81.8 Å². The lowest BCUT2D eigenvalue weighted by Gasteiger charge is -2.28. The summed E-state index contributed by atoms with van der Waals surface area (Å²) in [5.74, 6) is -0.121. The van der Waals surface area contributed by atoms with E-state index in [1.165, 1.54) is 19.3 Å². The fraction of sp³-hybridized carbons (Fsp3) is 0.519. The summed E-state index contributed by atoms with van der Waals surface area (Å²) in [5, 5.41) is 7.65. The van der Waals surface area contributed by atoms with Gasteiger partial charge < -0.3 is 16.4 Å². The number of fused-ring (bicyclic) bond motifs is 1. The first-order chi connectivity index (χ1) is 15.7. The SMILES string of the molecule is CC(C)C[C@H](NC(=O)c1c([C@H](C)NC(=O)C(C)CC2CCC2)ccc2ccccc12)C(N)=O. The van der Waals surface area contributed by atoms with Crippen molar-refractivity contribution in [1.82, 2.24) is 10.6 Å². The lowest BCUT2D eigenvalue weighted by Crippen LogP contribution is -2.45. The quantitative estimate of drug-likeness (QED) is 0.497. The number of hydrogen-bond donors (Lipinski definition) is 3. The van der Waals surface area contributed by atoms with Crippen molar-refractivity contribution in [3.05, 3.63) is 47.5 Å². The zero-order chi connectivity index (χ0) is 24.1. The molecule has 0 heterocycles. The Kier molecular flexibility index (Phi) is 8.11. The van der Waals surface area contributed by atoms with Crippen LogP contribution in [-0.4, -0.2) is 23.8 Å². The van der Waals surface area contributed by atoms with Crippen molar-refractivity contribution in [2.75, 3.05) is 0 Å². The number of rotatable bonds is 10. The van der Waals surface area contributed by atoms with Gasteiger partial charge >= 0.3 is 0 Å². The minimum atomic E-state index is -0.753. The summed E-state index contributed by atoms with van der Waals surface area (Å²) in [5.41, 5.74) is 6.77. The molecule has 178 valence electrons. The summed E-state index contributed by atoms with van der Waals surface area (Å²) in [4.78, 5) is 38.3. The van der Waals surface area contributed by atoms with Crippen molar-refractivity contribution in [3.8, 4) is 0 Å². The van der Waals surface area contributed by atoms with Crippen LogP contribution in [-0.2, 0) is 9.59 Å². The molecule has 0 spiro atoms. The van der Waals surface area contributed by atoms with E-state index in [9.17, 15) is 14.4 Å². The molecule has 1 aliphatic rings. The highest BCUT2D eigenvalue weighted by molar-refractivity contribution is 6.09. The van der Waals surface area contributed by atoms with E-state index < -0.39 is 11.9 Å². The van der Waals surface area contributed by atoms with Crippen LogP contribution in [0.15, 0.2) is 36.4 Å². The molecule has 0 saturated heterocycles. The van der Waals surface area contributed by atoms with Gasteiger partial charge in [0.1, 0.15) is 6.04 Å². The number of carbonyl (C=O) groups excluding carboxylic acids is 3. The third kappa shape index (κ3) is 6.12. The number of nitrogens with two attached hydrogens (primary N) is 1. The van der Waals surface area contributed by atoms with Crippen LogP contribution < -0.4 is 16.4 Å². The number of primary amides is 1. The van der Waals surface area contributed by atoms with E-state index in [1.807, 2.05) is 64.1 Å². The van der Waals surface area contributed by atoms with Gasteiger partial charge in [0.05, 0.1) is 11.6 Å². The monoisotopic (exact) mass is 451 g/mol. The van der Waals surface area contributed by atoms with Crippen LogP contribution in [0.3, 0.4) is 0 Å². The van der Waals surface area contributed by atoms with E-state index in [0.717, 1.165) is 22.8 Å². The number of amides is 3. The average molecular weight is 452 g/mol. The Bertz CT molecular complexity index is 1010. The maximum Gasteiger partial charge on any atom is 0.252 e. The van der Waals surface area contributed by atoms with E-state index in [1.54, 1.807) is 0 Å². The lowest BCUT2D eigenvalue weighted by molar-refractivity contribution is -0.126. The number of nitrogens with one attached hydrogen (secondary N) is 2. The van der Waals surface area contributed by atoms with Gasteiger partial charge in [0.2, 0.25) is 11.8 Å². The number of carbonyl (C=O) groups is 3. The zero-order valence-electron chi connectivity index (χ0n) is 20.2. The molecule has 2 aromatic carbocycles. The van der Waals surface area contributed by atoms with Crippen LogP contribution in [0.2, 0.25) is 0 Å². The first-order valence-electron chi connectivity index (χ1n) is 12.1. The molecule has 0 aliphatic heterocycles. The Morgan fingerprint density at radius 3 is 2.30 bits per heavy atom. The Balaban J connectivity index is 1.88. The molecule has 0 radical (unpaired) electrons. The number of benzene rings is 2. The maximum absolute atomic E-state index is 13.5. The van der Waals surface area contributed by atoms with Crippen molar-refractivity contribution < 1.29 is 14.4 Å². The predicted octanol–water partition coefficient (Wildman–Crippen LogP) is 4.47. The molecule has 1 saturated carbocycles. The van der Waals surface area contributed by atoms with E-state index in [0.29, 0.717) is 17.9 Å². The first kappa shape index (κ1) is 24.7. The first-order valence-corrected chi connectivity index (χ1v) is 12.1. The van der Waals surface area contributed by atoms with Crippen molar-refractivity contribution in [1.29, 1.82) is 0 Å². The highest BCUT2D eigenvalue weighted by atomic mass is 16.2. The molecule has 4 N–H and O–H groups in total. The van der Waals surface area contributed by atoms with Gasteiger partial charge in [0.15, 0.2) is 0 Å². The van der Waals surface area contributed by atoms with Crippen molar-refractivity contribution >= 4 is 28.5 Å². The minimum Gasteiger partial charge on any atom is -0.368 e. The smallest absolute Gasteiger partial charge is 0.252 e. The van der Waals surface area contributed by atoms with Gasteiger partial charge in [-0.2, -0.15) is 0 Å². The topological polar surface area (TPSA) is 101 Å². The highest BCUT2D eigenvalue weighted by Crippen LogP contribution is 2.33. The van der Waals surface area contributed by atoms with Gasteiger partial charge in [-0.05, 0) is 47.9 Å². The van der Waals surface area contributed by atoms with Crippen molar-refractivity contribution in [2.24, 2.45) is 23.5 Å². The number of hydrogen-bond acceptors (Lipinski definition) is 3. The van der Waals surface area contributed by atoms with Gasteiger partial charge in [-0.3, -0.25) is 14.4 Å². The molecule has 1 fully saturated rings. The van der Waals surface area contributed by atoms with Gasteiger partial charge in [-0.25, -0.2) is 0 Å². The second kappa shape index (κ2) is 10.8. The fourth-order valence-corrected chi connectivity index (χ4v) is 4.62. The van der Waals surface area contributed by atoms with Crippen molar-refractivity contribution in [2.45, 2.75) is 71.9 Å². The van der Waals surface area contributed by atoms with E-state index in [-0.39, 0.29) is 29.7 Å². The maximum atomic E-state index is 13.5. The summed E-state index contributed by atoms with van der Waals surface area (Å²) < 4.78 is 0. The molecule has 6 nitrogen and oxygen atoms in total. The largest absolute Gasteiger partial charge is 0.368 e. The van der Waals surface area contributed by atoms with Gasteiger partial charge in [0.25, 0.3) is 5.91 Å². The van der Waals surface area contributed by atoms with Gasteiger partial charge in [-0.1, -0.05) is 76.4 Å². The molecule has 0 bridgehead atoms. The summed E-state index contributed by atoms with van der Waals surface area (Å²) >= 11 is 0. The second-order valence-corrected chi connectivity index (χ2v) is 9.97. The zero-order valence-corrected chi connectivity index (χ0v) is 20.2. The molecule has 0 aromatic heterocycles. The predicted molar refractivity (Wildman–Crippen MR) is 132 cm³/mol. The van der Waals surface area contributed by atoms with Crippen molar-refractivity contribution in [3.63, 3.8) is 0 Å². The van der Waals surface area contributed by atoms with E-state index >= 15 is 0 Å². The minimum absolute atomic E-state index is 0.00346. The second-order valence-electron chi connectivity index (χ2n) is 9.97. The Labute approximate surface area is 196 Å². The highest BCUT2D eigenvalue weighted by Gasteiger charge is 2.27. The van der Waals surface area contributed by atoms with Crippen LogP contribution in [0.5, 0.6) is 0 Å². The molecule has 6 heteroatoms. The molecule has 3 atom stereocenters. The normalized spacial score (nSPS) is 16.6. The standard InChI is InChI=1S/C27H37N3O3/c1-16(2)14-23(25(28)31)30-27(33)24-21(13-12-20-10-5-6-11-22(20)24)18(4)29-26(32)17(3)15-19-8-7-9-19/h5-6,10-13,16-19,23H,7-9,14-15H2,1-4H3,(H2,28,31)(H,29,32)(H,30,33)/t17?,18-,23-/m0/s1. The Morgan fingerprint density at radius 2 is 1.70 bits per heavy atom. The fourth-order valence-electron chi connectivity index (χ4n) is 4.62. The molecule has 1 aliphatic carbocycles. The lowest BCUT2D eigenvalue weighted by atomic mass is 9.79. The van der Waals surface area contributed by atoms with Crippen LogP contribution in [0.4, 0.5) is 0 Å². The summed E-state index contributed by atoms with van der Waals surface area (Å²) in [6, 6.07) is 10.4. The Morgan fingerprint density at radius 1 is 1.00 bits per heavy atom. The molecule has 2 aromatic rings. The Hall–Kier alpha value is -2.89. The van der Waals surface area contributed by atoms with E-state index in [4.69, 9.17) is 5.73 Å².